The molecule has 0 saturated carbocycles. The summed E-state index contributed by atoms with van der Waals surface area (Å²) in [6.07, 6.45) is 3.88. The molecule has 2 rings (SSSR count). The summed E-state index contributed by atoms with van der Waals surface area (Å²) in [6, 6.07) is 0.568. The van der Waals surface area contributed by atoms with Gasteiger partial charge >= 0.3 is 0 Å². The minimum absolute atomic E-state index is 0.195. The number of rotatable bonds is 6. The van der Waals surface area contributed by atoms with Crippen molar-refractivity contribution in [3.8, 4) is 0 Å². The molecule has 6 heteroatoms. The highest BCUT2D eigenvalue weighted by Gasteiger charge is 2.23. The van der Waals surface area contributed by atoms with E-state index in [1.165, 1.54) is 6.42 Å². The van der Waals surface area contributed by atoms with Crippen molar-refractivity contribution >= 4 is 0 Å². The number of aliphatic hydroxyl groups excluding tert-OH is 1. The zero-order chi connectivity index (χ0) is 13.7. The van der Waals surface area contributed by atoms with E-state index in [0.717, 1.165) is 38.3 Å². The largest absolute Gasteiger partial charge is 0.396 e. The lowest BCUT2D eigenvalue weighted by Gasteiger charge is -2.35. The van der Waals surface area contributed by atoms with E-state index in [2.05, 4.69) is 34.5 Å². The highest BCUT2D eigenvalue weighted by molar-refractivity contribution is 4.93. The van der Waals surface area contributed by atoms with Gasteiger partial charge in [-0.15, -0.1) is 5.10 Å². The third-order valence-electron chi connectivity index (χ3n) is 3.79. The number of hydrogen-bond acceptors (Lipinski definition) is 5. The van der Waals surface area contributed by atoms with Crippen LogP contribution in [0, 0.1) is 5.92 Å². The summed E-state index contributed by atoms with van der Waals surface area (Å²) in [5.74, 6) is 0.670. The Morgan fingerprint density at radius 1 is 1.53 bits per heavy atom. The fourth-order valence-corrected chi connectivity index (χ4v) is 2.65. The van der Waals surface area contributed by atoms with Crippen molar-refractivity contribution in [2.24, 2.45) is 5.92 Å². The third kappa shape index (κ3) is 4.26. The van der Waals surface area contributed by atoms with Crippen LogP contribution in [0.3, 0.4) is 0 Å². The Kier molecular flexibility index (Phi) is 5.30. The maximum Gasteiger partial charge on any atom is 0.0964 e. The molecule has 1 fully saturated rings. The van der Waals surface area contributed by atoms with Gasteiger partial charge in [0.1, 0.15) is 0 Å². The van der Waals surface area contributed by atoms with Gasteiger partial charge in [0.05, 0.1) is 5.69 Å². The molecule has 1 saturated heterocycles. The molecule has 0 spiro atoms. The van der Waals surface area contributed by atoms with Crippen LogP contribution in [0.4, 0.5) is 0 Å². The molecule has 2 heterocycles. The lowest BCUT2D eigenvalue weighted by molar-refractivity contribution is 0.174. The van der Waals surface area contributed by atoms with Crippen molar-refractivity contribution < 1.29 is 5.11 Å². The second-order valence-corrected chi connectivity index (χ2v) is 5.57. The van der Waals surface area contributed by atoms with Crippen LogP contribution in [0.2, 0.25) is 0 Å². The molecule has 6 nitrogen and oxygen atoms in total. The average Bonchev–Trinajstić information content (AvgIpc) is 2.83. The standard InChI is InChI=1S/C13H25N5O/c1-11-9-17(2)6-4-13(11)14-8-12-10-18(16-15-12)5-3-7-19/h10-11,13-14,19H,3-9H2,1-2H3. The molecule has 1 aliphatic heterocycles. The van der Waals surface area contributed by atoms with Gasteiger partial charge in [-0.05, 0) is 32.4 Å². The van der Waals surface area contributed by atoms with Crippen molar-refractivity contribution in [2.75, 3.05) is 26.7 Å². The van der Waals surface area contributed by atoms with Crippen LogP contribution in [-0.4, -0.2) is 57.8 Å². The first-order chi connectivity index (χ1) is 9.19. The summed E-state index contributed by atoms with van der Waals surface area (Å²) in [7, 11) is 2.18. The van der Waals surface area contributed by atoms with E-state index in [-0.39, 0.29) is 6.61 Å². The first-order valence-corrected chi connectivity index (χ1v) is 7.11. The van der Waals surface area contributed by atoms with Crippen molar-refractivity contribution in [3.63, 3.8) is 0 Å². The summed E-state index contributed by atoms with van der Waals surface area (Å²) in [6.45, 7) is 6.31. The smallest absolute Gasteiger partial charge is 0.0964 e. The third-order valence-corrected chi connectivity index (χ3v) is 3.79. The van der Waals surface area contributed by atoms with E-state index in [9.17, 15) is 0 Å². The molecule has 0 bridgehead atoms. The van der Waals surface area contributed by atoms with E-state index in [0.29, 0.717) is 12.0 Å². The number of nitrogens with zero attached hydrogens (tertiary/aromatic N) is 4. The van der Waals surface area contributed by atoms with Crippen LogP contribution in [0.1, 0.15) is 25.5 Å². The zero-order valence-corrected chi connectivity index (χ0v) is 11.9. The number of aliphatic hydroxyl groups is 1. The first-order valence-electron chi connectivity index (χ1n) is 7.11. The van der Waals surface area contributed by atoms with Crippen molar-refractivity contribution in [3.05, 3.63) is 11.9 Å². The molecule has 2 N–H and O–H groups in total. The second-order valence-electron chi connectivity index (χ2n) is 5.57. The van der Waals surface area contributed by atoms with Gasteiger partial charge in [0, 0.05) is 38.5 Å². The van der Waals surface area contributed by atoms with Gasteiger partial charge in [-0.3, -0.25) is 4.68 Å². The Hall–Kier alpha value is -0.980. The molecule has 1 aromatic heterocycles. The number of aromatic nitrogens is 3. The van der Waals surface area contributed by atoms with Crippen LogP contribution in [-0.2, 0) is 13.1 Å². The van der Waals surface area contributed by atoms with Crippen LogP contribution in [0.25, 0.3) is 0 Å². The number of likely N-dealkylation sites (tertiary alicyclic amines) is 1. The lowest BCUT2D eigenvalue weighted by Crippen LogP contribution is -2.46. The molecule has 2 unspecified atom stereocenters. The maximum atomic E-state index is 8.78. The summed E-state index contributed by atoms with van der Waals surface area (Å²) in [5, 5.41) is 20.6. The van der Waals surface area contributed by atoms with Gasteiger partial charge in [0.15, 0.2) is 0 Å². The molecule has 108 valence electrons. The maximum absolute atomic E-state index is 8.78. The van der Waals surface area contributed by atoms with Crippen LogP contribution < -0.4 is 5.32 Å². The topological polar surface area (TPSA) is 66.2 Å². The summed E-state index contributed by atoms with van der Waals surface area (Å²) < 4.78 is 1.80. The molecule has 0 aromatic carbocycles. The Morgan fingerprint density at radius 2 is 2.37 bits per heavy atom. The molecule has 19 heavy (non-hydrogen) atoms. The highest BCUT2D eigenvalue weighted by atomic mass is 16.3. The number of piperidine rings is 1. The normalized spacial score (nSPS) is 24.8. The van der Waals surface area contributed by atoms with E-state index in [1.807, 2.05) is 6.20 Å². The van der Waals surface area contributed by atoms with E-state index in [1.54, 1.807) is 4.68 Å². The number of nitrogens with one attached hydrogen (secondary N) is 1. The Labute approximate surface area is 114 Å². The average molecular weight is 267 g/mol. The molecular formula is C13H25N5O. The van der Waals surface area contributed by atoms with Gasteiger partial charge < -0.3 is 15.3 Å². The Morgan fingerprint density at radius 3 is 3.11 bits per heavy atom. The number of hydrogen-bond donors (Lipinski definition) is 2. The van der Waals surface area contributed by atoms with Gasteiger partial charge in [-0.1, -0.05) is 12.1 Å². The lowest BCUT2D eigenvalue weighted by atomic mass is 9.94. The summed E-state index contributed by atoms with van der Waals surface area (Å²) >= 11 is 0. The molecular weight excluding hydrogens is 242 g/mol. The fourth-order valence-electron chi connectivity index (χ4n) is 2.65. The van der Waals surface area contributed by atoms with E-state index >= 15 is 0 Å². The molecule has 0 radical (unpaired) electrons. The minimum atomic E-state index is 0.195. The molecule has 0 aliphatic carbocycles. The molecule has 1 aliphatic rings. The van der Waals surface area contributed by atoms with Crippen LogP contribution in [0.5, 0.6) is 0 Å². The van der Waals surface area contributed by atoms with Crippen molar-refractivity contribution in [2.45, 2.75) is 38.9 Å². The van der Waals surface area contributed by atoms with Gasteiger partial charge in [-0.2, -0.15) is 0 Å². The van der Waals surface area contributed by atoms with Crippen LogP contribution in [0.15, 0.2) is 6.20 Å². The predicted molar refractivity (Wildman–Crippen MR) is 73.6 cm³/mol. The SMILES string of the molecule is CC1CN(C)CCC1NCc1cn(CCCO)nn1. The molecule has 1 aromatic rings. The highest BCUT2D eigenvalue weighted by Crippen LogP contribution is 2.15. The van der Waals surface area contributed by atoms with Crippen LogP contribution >= 0.6 is 0 Å². The first kappa shape index (κ1) is 14.4. The quantitative estimate of drug-likeness (QED) is 0.765. The van der Waals surface area contributed by atoms with Gasteiger partial charge in [0.2, 0.25) is 0 Å². The summed E-state index contributed by atoms with van der Waals surface area (Å²) in [4.78, 5) is 2.38. The Balaban J connectivity index is 1.77. The van der Waals surface area contributed by atoms with Gasteiger partial charge in [0.25, 0.3) is 0 Å². The molecule has 0 amide bonds. The minimum Gasteiger partial charge on any atom is -0.396 e. The van der Waals surface area contributed by atoms with Crippen molar-refractivity contribution in [1.29, 1.82) is 0 Å². The van der Waals surface area contributed by atoms with Crippen molar-refractivity contribution in [1.82, 2.24) is 25.2 Å². The number of aryl methyl sites for hydroxylation is 1. The zero-order valence-electron chi connectivity index (χ0n) is 11.9. The molecule has 2 atom stereocenters. The Bertz CT molecular complexity index is 381. The van der Waals surface area contributed by atoms with Gasteiger partial charge in [-0.25, -0.2) is 0 Å². The second kappa shape index (κ2) is 6.98. The summed E-state index contributed by atoms with van der Waals surface area (Å²) in [5.41, 5.74) is 0.976. The fraction of sp³-hybridized carbons (Fsp3) is 0.846. The van der Waals surface area contributed by atoms with E-state index < -0.39 is 0 Å². The predicted octanol–water partition coefficient (Wildman–Crippen LogP) is 0.0903. The van der Waals surface area contributed by atoms with E-state index in [4.69, 9.17) is 5.11 Å². The monoisotopic (exact) mass is 267 g/mol.